The molecule has 11 aromatic rings. The lowest BCUT2D eigenvalue weighted by Gasteiger charge is -2.08. The molecule has 4 N–H and O–H groups in total. The number of hydrogen-bond acceptors (Lipinski definition) is 12. The number of sulfone groups is 3. The molecular formula is C68H48Cl2F2O12S3. The molecule has 0 unspecified atom stereocenters. The first-order valence-electron chi connectivity index (χ1n) is 25.8. The summed E-state index contributed by atoms with van der Waals surface area (Å²) in [6.07, 6.45) is 0. The van der Waals surface area contributed by atoms with E-state index in [2.05, 4.69) is 0 Å². The summed E-state index contributed by atoms with van der Waals surface area (Å²) in [5, 5.41) is 37.3. The molecule has 0 aliphatic rings. The summed E-state index contributed by atoms with van der Waals surface area (Å²) in [7, 11) is -10.9. The van der Waals surface area contributed by atoms with Crippen LogP contribution in [0, 0.1) is 11.6 Å². The van der Waals surface area contributed by atoms with E-state index in [1.165, 1.54) is 176 Å². The number of hydrogen-bond donors (Lipinski definition) is 4. The minimum absolute atomic E-state index is 0.00894. The summed E-state index contributed by atoms with van der Waals surface area (Å²) < 4.78 is 101. The van der Waals surface area contributed by atoms with Crippen molar-refractivity contribution in [3.05, 3.63) is 311 Å². The number of phenolic OH excluding ortho intramolecular Hbond substituents is 4. The fourth-order valence-corrected chi connectivity index (χ4v) is 12.2. The Morgan fingerprint density at radius 1 is 0.276 bits per heavy atom. The third-order valence-corrected chi connectivity index (χ3v) is 18.7. The Morgan fingerprint density at radius 2 is 0.483 bits per heavy atom. The first-order valence-corrected chi connectivity index (χ1v) is 31.0. The zero-order valence-electron chi connectivity index (χ0n) is 45.2. The molecular weight excluding hydrogens is 1210 g/mol. The maximum absolute atomic E-state index is 13.0. The molecule has 0 aliphatic carbocycles. The fourth-order valence-electron chi connectivity index (χ4n) is 8.18. The van der Waals surface area contributed by atoms with Gasteiger partial charge in [-0.05, 0) is 222 Å². The number of rotatable bonds is 12. The van der Waals surface area contributed by atoms with Crippen LogP contribution in [-0.4, -0.2) is 57.2 Å². The average Bonchev–Trinajstić information content (AvgIpc) is 1.71. The lowest BCUT2D eigenvalue weighted by molar-refractivity contribution is 0.103. The largest absolute Gasteiger partial charge is 0.508 e. The Morgan fingerprint density at radius 3 is 0.736 bits per heavy atom. The average molecular weight is 1260 g/mol. The molecule has 438 valence electrons. The van der Waals surface area contributed by atoms with Gasteiger partial charge in [-0.2, -0.15) is 0 Å². The highest BCUT2D eigenvalue weighted by atomic mass is 35.5. The monoisotopic (exact) mass is 1260 g/mol. The molecule has 11 aromatic carbocycles. The standard InChI is InChI=1S/C24H16Cl2O4S2.C20H12F2O2.C12H10O4S.C12H10O2/c25-19-5-13-23(14-6-19)31(27,28)21-9-1-17(2-10-21)18-3-11-22(12-4-18)32(29,30)24-15-7-20(26)8-16-24;21-17-8-4-13(5-9-17)19(23)15-2-1-3-16(12-15)20(24)14-6-10-18(22)11-7-14;13-9-1-5-11(6-2-9)17(15,16)12-7-3-10(14)4-8-12;13-11-5-1-9(2-6-11)10-3-7-12(14)8-4-10/h1-16H;1-12H;1-8,13-14H;1-8,13-14H. The second-order valence-electron chi connectivity index (χ2n) is 18.8. The van der Waals surface area contributed by atoms with Gasteiger partial charge in [-0.1, -0.05) is 89.9 Å². The summed E-state index contributed by atoms with van der Waals surface area (Å²) >= 11 is 11.7. The van der Waals surface area contributed by atoms with Crippen molar-refractivity contribution in [2.75, 3.05) is 0 Å². The maximum atomic E-state index is 13.0. The van der Waals surface area contributed by atoms with Crippen LogP contribution in [0.15, 0.2) is 296 Å². The van der Waals surface area contributed by atoms with E-state index in [1.54, 1.807) is 66.7 Å². The molecule has 0 amide bonds. The van der Waals surface area contributed by atoms with Crippen LogP contribution in [0.25, 0.3) is 22.3 Å². The number of aromatic hydroxyl groups is 4. The van der Waals surface area contributed by atoms with Gasteiger partial charge in [0, 0.05) is 32.3 Å². The van der Waals surface area contributed by atoms with E-state index in [-0.39, 0.29) is 63.9 Å². The third-order valence-electron chi connectivity index (χ3n) is 12.9. The van der Waals surface area contributed by atoms with Crippen molar-refractivity contribution in [3.63, 3.8) is 0 Å². The third kappa shape index (κ3) is 16.4. The first kappa shape index (κ1) is 63.3. The van der Waals surface area contributed by atoms with Crippen molar-refractivity contribution in [2.45, 2.75) is 29.4 Å². The Labute approximate surface area is 510 Å². The SMILES string of the molecule is O=C(c1ccc(F)cc1)c1cccc(C(=O)c2ccc(F)cc2)c1.O=S(=O)(c1ccc(Cl)cc1)c1ccc(-c2ccc(S(=O)(=O)c3ccc(Cl)cc3)cc2)cc1.O=S(=O)(c1ccc(O)cc1)c1ccc(O)cc1.Oc1ccc(-c2ccc(O)cc2)cc1. The van der Waals surface area contributed by atoms with Crippen LogP contribution in [0.1, 0.15) is 31.8 Å². The van der Waals surface area contributed by atoms with Gasteiger partial charge in [-0.15, -0.1) is 0 Å². The number of benzene rings is 11. The fraction of sp³-hybridized carbons (Fsp3) is 0. The second kappa shape index (κ2) is 28.0. The minimum Gasteiger partial charge on any atom is -0.508 e. The van der Waals surface area contributed by atoms with Gasteiger partial charge in [0.25, 0.3) is 0 Å². The summed E-state index contributed by atoms with van der Waals surface area (Å²) in [5.41, 5.74) is 4.88. The van der Waals surface area contributed by atoms with Crippen molar-refractivity contribution in [2.24, 2.45) is 0 Å². The van der Waals surface area contributed by atoms with Gasteiger partial charge in [0.15, 0.2) is 11.6 Å². The smallest absolute Gasteiger partial charge is 0.206 e. The highest BCUT2D eigenvalue weighted by Gasteiger charge is 2.21. The molecule has 12 nitrogen and oxygen atoms in total. The van der Waals surface area contributed by atoms with Crippen molar-refractivity contribution in [3.8, 4) is 45.3 Å². The van der Waals surface area contributed by atoms with Crippen LogP contribution in [0.5, 0.6) is 23.0 Å². The highest BCUT2D eigenvalue weighted by Crippen LogP contribution is 2.30. The van der Waals surface area contributed by atoms with Crippen molar-refractivity contribution in [1.82, 2.24) is 0 Å². The van der Waals surface area contributed by atoms with Gasteiger partial charge >= 0.3 is 0 Å². The first-order chi connectivity index (χ1) is 41.5. The number of carbonyl (C=O) groups excluding carboxylic acids is 2. The molecule has 11 rings (SSSR count). The summed E-state index contributed by atoms with van der Waals surface area (Å²) in [5.74, 6) is -0.921. The van der Waals surface area contributed by atoms with E-state index in [0.717, 1.165) is 22.3 Å². The molecule has 0 saturated carbocycles. The second-order valence-corrected chi connectivity index (χ2v) is 25.5. The predicted molar refractivity (Wildman–Crippen MR) is 329 cm³/mol. The van der Waals surface area contributed by atoms with Gasteiger partial charge in [0.1, 0.15) is 34.6 Å². The Hall–Kier alpha value is -9.75. The van der Waals surface area contributed by atoms with Gasteiger partial charge in [-0.25, -0.2) is 34.0 Å². The minimum atomic E-state index is -3.66. The topological polar surface area (TPSA) is 217 Å². The van der Waals surface area contributed by atoms with Gasteiger partial charge in [-0.3, -0.25) is 9.59 Å². The normalized spacial score (nSPS) is 11.1. The Bertz CT molecular complexity index is 4240. The van der Waals surface area contributed by atoms with E-state index in [4.69, 9.17) is 43.6 Å². The summed E-state index contributed by atoms with van der Waals surface area (Å²) in [6.45, 7) is 0. The Balaban J connectivity index is 0.000000158. The van der Waals surface area contributed by atoms with Crippen LogP contribution in [0.3, 0.4) is 0 Å². The molecule has 0 fully saturated rings. The van der Waals surface area contributed by atoms with E-state index >= 15 is 0 Å². The molecule has 0 heterocycles. The molecule has 0 saturated heterocycles. The molecule has 0 bridgehead atoms. The molecule has 87 heavy (non-hydrogen) atoms. The maximum Gasteiger partial charge on any atom is 0.206 e. The predicted octanol–water partition coefficient (Wildman–Crippen LogP) is 15.4. The number of ketones is 2. The van der Waals surface area contributed by atoms with Crippen LogP contribution in [0.4, 0.5) is 8.78 Å². The van der Waals surface area contributed by atoms with Gasteiger partial charge < -0.3 is 20.4 Å². The molecule has 0 spiro atoms. The van der Waals surface area contributed by atoms with Crippen LogP contribution in [0.2, 0.25) is 10.0 Å². The van der Waals surface area contributed by atoms with Crippen LogP contribution >= 0.6 is 23.2 Å². The quantitative estimate of drug-likeness (QED) is 0.0840. The molecule has 0 aliphatic heterocycles. The summed E-state index contributed by atoms with van der Waals surface area (Å²) in [4.78, 5) is 25.7. The van der Waals surface area contributed by atoms with Crippen LogP contribution < -0.4 is 0 Å². The molecule has 0 atom stereocenters. The molecule has 19 heteroatoms. The number of carbonyl (C=O) groups is 2. The molecule has 0 radical (unpaired) electrons. The summed E-state index contributed by atoms with van der Waals surface area (Å²) in [6, 6.07) is 66.0. The van der Waals surface area contributed by atoms with E-state index in [0.29, 0.717) is 32.3 Å². The highest BCUT2D eigenvalue weighted by molar-refractivity contribution is 7.92. The van der Waals surface area contributed by atoms with E-state index in [9.17, 15) is 43.6 Å². The van der Waals surface area contributed by atoms with Crippen molar-refractivity contribution >= 4 is 64.3 Å². The van der Waals surface area contributed by atoms with E-state index < -0.39 is 41.1 Å². The zero-order chi connectivity index (χ0) is 62.5. The van der Waals surface area contributed by atoms with Crippen molar-refractivity contribution in [1.29, 1.82) is 0 Å². The number of halogens is 4. The van der Waals surface area contributed by atoms with E-state index in [1.807, 2.05) is 24.3 Å². The lowest BCUT2D eigenvalue weighted by atomic mass is 9.97. The molecule has 0 aromatic heterocycles. The van der Waals surface area contributed by atoms with Gasteiger partial charge in [0.05, 0.1) is 29.4 Å². The Kier molecular flexibility index (Phi) is 20.3. The van der Waals surface area contributed by atoms with Crippen molar-refractivity contribution < 1.29 is 64.0 Å². The van der Waals surface area contributed by atoms with Crippen LogP contribution in [-0.2, 0) is 29.5 Å². The lowest BCUT2D eigenvalue weighted by Crippen LogP contribution is -2.06. The number of phenols is 4. The zero-order valence-corrected chi connectivity index (χ0v) is 49.2. The van der Waals surface area contributed by atoms with Gasteiger partial charge in [0.2, 0.25) is 29.5 Å².